The molecule has 2 aliphatic rings. The molecular weight excluding hydrogens is 250 g/mol. The molecule has 0 spiro atoms. The van der Waals surface area contributed by atoms with E-state index in [9.17, 15) is 0 Å². The van der Waals surface area contributed by atoms with Crippen LogP contribution in [0.4, 0.5) is 0 Å². The monoisotopic (exact) mass is 275 g/mol. The summed E-state index contributed by atoms with van der Waals surface area (Å²) in [6, 6.07) is 9.04. The largest absolute Gasteiger partial charge is 0.497 e. The Kier molecular flexibility index (Phi) is 4.58. The van der Waals surface area contributed by atoms with E-state index in [1.54, 1.807) is 7.11 Å². The molecule has 1 N–H and O–H groups in total. The van der Waals surface area contributed by atoms with Crippen molar-refractivity contribution in [2.24, 2.45) is 0 Å². The molecule has 2 aliphatic carbocycles. The molecule has 0 radical (unpaired) electrons. The van der Waals surface area contributed by atoms with Crippen LogP contribution in [-0.4, -0.2) is 25.8 Å². The minimum Gasteiger partial charge on any atom is -0.497 e. The number of rotatable bonds is 7. The third kappa shape index (κ3) is 3.74. The number of methoxy groups -OCH3 is 1. The number of ether oxygens (including phenoxy) is 2. The van der Waals surface area contributed by atoms with E-state index in [1.165, 1.54) is 44.1 Å². The molecule has 0 aromatic heterocycles. The second-order valence-corrected chi connectivity index (χ2v) is 5.99. The maximum absolute atomic E-state index is 6.35. The number of hydrogen-bond acceptors (Lipinski definition) is 3. The average molecular weight is 275 g/mol. The molecule has 0 saturated heterocycles. The molecule has 1 aromatic carbocycles. The van der Waals surface area contributed by atoms with Gasteiger partial charge in [-0.25, -0.2) is 0 Å². The summed E-state index contributed by atoms with van der Waals surface area (Å²) in [5, 5.41) is 3.60. The molecule has 1 aromatic rings. The third-order valence-corrected chi connectivity index (χ3v) is 4.32. The van der Waals surface area contributed by atoms with E-state index in [-0.39, 0.29) is 6.10 Å². The molecule has 0 bridgehead atoms. The Balaban J connectivity index is 1.64. The summed E-state index contributed by atoms with van der Waals surface area (Å²) in [7, 11) is 1.70. The lowest BCUT2D eigenvalue weighted by atomic mass is 10.1. The van der Waals surface area contributed by atoms with Crippen molar-refractivity contribution in [2.75, 3.05) is 13.7 Å². The Morgan fingerprint density at radius 2 is 1.80 bits per heavy atom. The molecule has 3 nitrogen and oxygen atoms in total. The maximum atomic E-state index is 6.35. The summed E-state index contributed by atoms with van der Waals surface area (Å²) >= 11 is 0. The molecule has 2 fully saturated rings. The fourth-order valence-electron chi connectivity index (χ4n) is 2.88. The zero-order chi connectivity index (χ0) is 13.8. The Bertz CT molecular complexity index is 408. The highest BCUT2D eigenvalue weighted by atomic mass is 16.5. The Hall–Kier alpha value is -1.06. The zero-order valence-corrected chi connectivity index (χ0v) is 12.3. The van der Waals surface area contributed by atoms with Crippen molar-refractivity contribution < 1.29 is 9.47 Å². The van der Waals surface area contributed by atoms with E-state index in [0.717, 1.165) is 18.3 Å². The summed E-state index contributed by atoms with van der Waals surface area (Å²) < 4.78 is 11.6. The predicted molar refractivity (Wildman–Crippen MR) is 80.1 cm³/mol. The maximum Gasteiger partial charge on any atom is 0.118 e. The quantitative estimate of drug-likeness (QED) is 0.827. The van der Waals surface area contributed by atoms with Crippen molar-refractivity contribution in [2.45, 2.75) is 56.8 Å². The summed E-state index contributed by atoms with van der Waals surface area (Å²) in [6.07, 6.45) is 8.32. The topological polar surface area (TPSA) is 30.5 Å². The molecule has 0 aliphatic heterocycles. The first-order valence-electron chi connectivity index (χ1n) is 7.88. The summed E-state index contributed by atoms with van der Waals surface area (Å²) in [6.45, 7) is 0.924. The van der Waals surface area contributed by atoms with E-state index in [4.69, 9.17) is 9.47 Å². The first-order valence-corrected chi connectivity index (χ1v) is 7.88. The number of nitrogens with one attached hydrogen (secondary N) is 1. The van der Waals surface area contributed by atoms with E-state index in [2.05, 4.69) is 17.4 Å². The van der Waals surface area contributed by atoms with Gasteiger partial charge in [-0.3, -0.25) is 0 Å². The van der Waals surface area contributed by atoms with Crippen LogP contribution in [-0.2, 0) is 4.74 Å². The molecule has 0 heterocycles. The third-order valence-electron chi connectivity index (χ3n) is 4.32. The Morgan fingerprint density at radius 3 is 2.40 bits per heavy atom. The van der Waals surface area contributed by atoms with Gasteiger partial charge in [0.15, 0.2) is 0 Å². The molecule has 3 heteroatoms. The molecule has 110 valence electrons. The van der Waals surface area contributed by atoms with Gasteiger partial charge in [0.1, 0.15) is 5.75 Å². The van der Waals surface area contributed by atoms with E-state index < -0.39 is 0 Å². The van der Waals surface area contributed by atoms with Crippen molar-refractivity contribution in [1.29, 1.82) is 0 Å². The zero-order valence-electron chi connectivity index (χ0n) is 12.3. The van der Waals surface area contributed by atoms with Crippen LogP contribution in [0.15, 0.2) is 24.3 Å². The van der Waals surface area contributed by atoms with Crippen LogP contribution < -0.4 is 10.1 Å². The van der Waals surface area contributed by atoms with Crippen LogP contribution in [0, 0.1) is 0 Å². The standard InChI is InChI=1S/C17H25NO2/c1-19-15-10-6-13(7-11-15)17(12-18-14-8-9-14)20-16-4-2-3-5-16/h6-7,10-11,14,16-18H,2-5,8-9,12H2,1H3. The van der Waals surface area contributed by atoms with Gasteiger partial charge in [0, 0.05) is 12.6 Å². The van der Waals surface area contributed by atoms with Gasteiger partial charge in [0.25, 0.3) is 0 Å². The first kappa shape index (κ1) is 13.9. The number of hydrogen-bond donors (Lipinski definition) is 1. The molecule has 1 unspecified atom stereocenters. The van der Waals surface area contributed by atoms with E-state index in [0.29, 0.717) is 6.10 Å². The minimum absolute atomic E-state index is 0.171. The summed E-state index contributed by atoms with van der Waals surface area (Å²) in [5.41, 5.74) is 1.26. The summed E-state index contributed by atoms with van der Waals surface area (Å²) in [4.78, 5) is 0. The second-order valence-electron chi connectivity index (χ2n) is 5.99. The van der Waals surface area contributed by atoms with Gasteiger partial charge >= 0.3 is 0 Å². The van der Waals surface area contributed by atoms with Crippen LogP contribution in [0.2, 0.25) is 0 Å². The van der Waals surface area contributed by atoms with Crippen LogP contribution >= 0.6 is 0 Å². The van der Waals surface area contributed by atoms with Gasteiger partial charge in [-0.15, -0.1) is 0 Å². The highest BCUT2D eigenvalue weighted by molar-refractivity contribution is 5.28. The molecular formula is C17H25NO2. The van der Waals surface area contributed by atoms with Crippen LogP contribution in [0.3, 0.4) is 0 Å². The highest BCUT2D eigenvalue weighted by Crippen LogP contribution is 2.29. The van der Waals surface area contributed by atoms with Gasteiger partial charge < -0.3 is 14.8 Å². The smallest absolute Gasteiger partial charge is 0.118 e. The van der Waals surface area contributed by atoms with Crippen LogP contribution in [0.25, 0.3) is 0 Å². The molecule has 0 amide bonds. The minimum atomic E-state index is 0.171. The number of benzene rings is 1. The van der Waals surface area contributed by atoms with Gasteiger partial charge in [0.2, 0.25) is 0 Å². The van der Waals surface area contributed by atoms with Gasteiger partial charge in [-0.05, 0) is 43.4 Å². The first-order chi connectivity index (χ1) is 9.85. The second kappa shape index (κ2) is 6.59. The van der Waals surface area contributed by atoms with Crippen molar-refractivity contribution in [3.05, 3.63) is 29.8 Å². The average Bonchev–Trinajstić information content (AvgIpc) is 3.18. The van der Waals surface area contributed by atoms with Gasteiger partial charge in [0.05, 0.1) is 19.3 Å². The predicted octanol–water partition coefficient (Wildman–Crippen LogP) is 3.45. The lowest BCUT2D eigenvalue weighted by molar-refractivity contribution is -0.00894. The fraction of sp³-hybridized carbons (Fsp3) is 0.647. The van der Waals surface area contributed by atoms with E-state index >= 15 is 0 Å². The highest BCUT2D eigenvalue weighted by Gasteiger charge is 2.25. The van der Waals surface area contributed by atoms with Crippen molar-refractivity contribution in [3.63, 3.8) is 0 Å². The molecule has 1 atom stereocenters. The molecule has 2 saturated carbocycles. The SMILES string of the molecule is COc1ccc(C(CNC2CC2)OC2CCCC2)cc1. The van der Waals surface area contributed by atoms with Crippen molar-refractivity contribution in [1.82, 2.24) is 5.32 Å². The normalized spacial score (nSPS) is 21.1. The lowest BCUT2D eigenvalue weighted by Crippen LogP contribution is -2.27. The fourth-order valence-corrected chi connectivity index (χ4v) is 2.88. The Morgan fingerprint density at radius 1 is 1.10 bits per heavy atom. The molecule has 3 rings (SSSR count). The van der Waals surface area contributed by atoms with Gasteiger partial charge in [-0.1, -0.05) is 25.0 Å². The van der Waals surface area contributed by atoms with Crippen molar-refractivity contribution in [3.8, 4) is 5.75 Å². The van der Waals surface area contributed by atoms with Gasteiger partial charge in [-0.2, -0.15) is 0 Å². The Labute approximate surface area is 121 Å². The van der Waals surface area contributed by atoms with Crippen molar-refractivity contribution >= 4 is 0 Å². The van der Waals surface area contributed by atoms with Crippen LogP contribution in [0.5, 0.6) is 5.75 Å². The van der Waals surface area contributed by atoms with Crippen LogP contribution in [0.1, 0.15) is 50.2 Å². The molecule has 20 heavy (non-hydrogen) atoms. The lowest BCUT2D eigenvalue weighted by Gasteiger charge is -2.23. The summed E-state index contributed by atoms with van der Waals surface area (Å²) in [5.74, 6) is 0.906. The van der Waals surface area contributed by atoms with E-state index in [1.807, 2.05) is 12.1 Å².